The van der Waals surface area contributed by atoms with E-state index in [2.05, 4.69) is 121 Å². The van der Waals surface area contributed by atoms with E-state index in [9.17, 15) is 0 Å². The van der Waals surface area contributed by atoms with E-state index in [0.717, 1.165) is 74.9 Å². The summed E-state index contributed by atoms with van der Waals surface area (Å²) in [4.78, 5) is 10.4. The van der Waals surface area contributed by atoms with Gasteiger partial charge in [-0.2, -0.15) is 0 Å². The lowest BCUT2D eigenvalue weighted by Gasteiger charge is -2.18. The lowest BCUT2D eigenvalue weighted by atomic mass is 9.86. The zero-order valence-electron chi connectivity index (χ0n) is 23.6. The number of pyridine rings is 2. The Kier molecular flexibility index (Phi) is 5.45. The molecule has 4 aromatic carbocycles. The van der Waals surface area contributed by atoms with E-state index in [1.54, 1.807) is 0 Å². The minimum absolute atomic E-state index is 0.283. The monoisotopic (exact) mass is 552 g/mol. The van der Waals surface area contributed by atoms with Gasteiger partial charge >= 0.3 is 0 Å². The van der Waals surface area contributed by atoms with Gasteiger partial charge in [0.1, 0.15) is 11.3 Å². The highest BCUT2D eigenvalue weighted by Crippen LogP contribution is 2.37. The van der Waals surface area contributed by atoms with Crippen molar-refractivity contribution in [2.45, 2.75) is 25.2 Å². The van der Waals surface area contributed by atoms with E-state index < -0.39 is 0 Å². The SMILES string of the molecule is C1=Cc2ccc(-c3ccc4ccc5ccc(-c6cccc(C7C=Cc8oc9ccccc9c8C7)c6)nc5c4n3)cc2CC1. The van der Waals surface area contributed by atoms with E-state index >= 15 is 0 Å². The maximum absolute atomic E-state index is 6.10. The second kappa shape index (κ2) is 9.64. The van der Waals surface area contributed by atoms with Crippen molar-refractivity contribution in [2.75, 3.05) is 0 Å². The molecule has 3 heteroatoms. The molecule has 1 atom stereocenters. The number of para-hydroxylation sites is 1. The summed E-state index contributed by atoms with van der Waals surface area (Å²) in [7, 11) is 0. The highest BCUT2D eigenvalue weighted by molar-refractivity contribution is 6.04. The van der Waals surface area contributed by atoms with Crippen LogP contribution in [0.15, 0.2) is 120 Å². The van der Waals surface area contributed by atoms with Crippen molar-refractivity contribution < 1.29 is 4.42 Å². The van der Waals surface area contributed by atoms with E-state index in [0.29, 0.717) is 0 Å². The molecular weight excluding hydrogens is 524 g/mol. The van der Waals surface area contributed by atoms with Crippen LogP contribution in [0.1, 0.15) is 40.4 Å². The molecule has 3 heterocycles. The molecule has 3 nitrogen and oxygen atoms in total. The summed E-state index contributed by atoms with van der Waals surface area (Å²) in [6.07, 6.45) is 12.0. The molecule has 9 rings (SSSR count). The smallest absolute Gasteiger partial charge is 0.135 e. The predicted octanol–water partition coefficient (Wildman–Crippen LogP) is 10.2. The van der Waals surface area contributed by atoms with E-state index in [1.807, 2.05) is 6.07 Å². The third-order valence-corrected chi connectivity index (χ3v) is 9.08. The Labute approximate surface area is 249 Å². The fourth-order valence-corrected chi connectivity index (χ4v) is 6.79. The molecular formula is C40H28N2O. The van der Waals surface area contributed by atoms with Crippen LogP contribution in [0.5, 0.6) is 0 Å². The number of aromatic nitrogens is 2. The minimum atomic E-state index is 0.283. The molecule has 0 N–H and O–H groups in total. The first kappa shape index (κ1) is 24.3. The van der Waals surface area contributed by atoms with Crippen molar-refractivity contribution in [3.63, 3.8) is 0 Å². The molecule has 43 heavy (non-hydrogen) atoms. The summed E-state index contributed by atoms with van der Waals surface area (Å²) in [5.41, 5.74) is 12.4. The normalized spacial score (nSPS) is 15.7. The average Bonchev–Trinajstić information content (AvgIpc) is 3.45. The second-order valence-electron chi connectivity index (χ2n) is 11.7. The number of hydrogen-bond donors (Lipinski definition) is 0. The largest absolute Gasteiger partial charge is 0.456 e. The Morgan fingerprint density at radius 2 is 1.44 bits per heavy atom. The Bertz CT molecular complexity index is 2290. The Morgan fingerprint density at radius 3 is 2.28 bits per heavy atom. The predicted molar refractivity (Wildman–Crippen MR) is 177 cm³/mol. The lowest BCUT2D eigenvalue weighted by molar-refractivity contribution is 0.591. The van der Waals surface area contributed by atoms with Gasteiger partial charge in [0, 0.05) is 38.8 Å². The Morgan fingerprint density at radius 1 is 0.674 bits per heavy atom. The molecule has 0 radical (unpaired) electrons. The quantitative estimate of drug-likeness (QED) is 0.205. The number of fused-ring (bicyclic) bond motifs is 7. The number of furan rings is 1. The first-order valence-corrected chi connectivity index (χ1v) is 15.1. The van der Waals surface area contributed by atoms with Crippen molar-refractivity contribution in [1.82, 2.24) is 9.97 Å². The van der Waals surface area contributed by atoms with Gasteiger partial charge in [-0.15, -0.1) is 0 Å². The summed E-state index contributed by atoms with van der Waals surface area (Å²) < 4.78 is 6.10. The number of aryl methyl sites for hydroxylation is 1. The zero-order valence-corrected chi connectivity index (χ0v) is 23.6. The molecule has 0 aliphatic heterocycles. The van der Waals surface area contributed by atoms with Crippen LogP contribution in [0.3, 0.4) is 0 Å². The highest BCUT2D eigenvalue weighted by Gasteiger charge is 2.22. The van der Waals surface area contributed by atoms with Gasteiger partial charge in [-0.1, -0.05) is 91.0 Å². The molecule has 0 fully saturated rings. The fourth-order valence-electron chi connectivity index (χ4n) is 6.79. The standard InChI is InChI=1S/C40H28N2O/c1-2-7-28-22-32(15-12-25(28)6-1)36-20-17-27-14-13-26-16-19-35(41-39(26)40(27)42-36)31-9-5-8-29(23-31)30-18-21-38-34(24-30)33-10-3-4-11-37(33)43-38/h1,3-6,8-23,30H,2,7,24H2. The Hall–Kier alpha value is -5.28. The number of nitrogens with zero attached hydrogens (tertiary/aromatic N) is 2. The van der Waals surface area contributed by atoms with Crippen LogP contribution in [0.2, 0.25) is 0 Å². The molecule has 2 aliphatic carbocycles. The summed E-state index contributed by atoms with van der Waals surface area (Å²) in [6, 6.07) is 36.8. The molecule has 204 valence electrons. The third kappa shape index (κ3) is 4.11. The first-order chi connectivity index (χ1) is 21.3. The number of rotatable bonds is 3. The second-order valence-corrected chi connectivity index (χ2v) is 11.7. The fraction of sp³-hybridized carbons (Fsp3) is 0.100. The molecule has 3 aromatic heterocycles. The topological polar surface area (TPSA) is 38.9 Å². The van der Waals surface area contributed by atoms with Crippen LogP contribution >= 0.6 is 0 Å². The van der Waals surface area contributed by atoms with Gasteiger partial charge in [0.15, 0.2) is 0 Å². The van der Waals surface area contributed by atoms with E-state index in [-0.39, 0.29) is 5.92 Å². The maximum Gasteiger partial charge on any atom is 0.135 e. The van der Waals surface area contributed by atoms with Crippen molar-refractivity contribution in [3.05, 3.63) is 143 Å². The van der Waals surface area contributed by atoms with Crippen LogP contribution in [0.25, 0.3) is 67.4 Å². The third-order valence-electron chi connectivity index (χ3n) is 9.08. The van der Waals surface area contributed by atoms with Crippen LogP contribution in [0.4, 0.5) is 0 Å². The zero-order chi connectivity index (χ0) is 28.3. The summed E-state index contributed by atoms with van der Waals surface area (Å²) in [6.45, 7) is 0. The summed E-state index contributed by atoms with van der Waals surface area (Å²) >= 11 is 0. The lowest BCUT2D eigenvalue weighted by Crippen LogP contribution is -2.04. The van der Waals surface area contributed by atoms with Gasteiger partial charge in [0.2, 0.25) is 0 Å². The molecule has 0 bridgehead atoms. The maximum atomic E-state index is 6.10. The van der Waals surface area contributed by atoms with E-state index in [4.69, 9.17) is 14.4 Å². The minimum Gasteiger partial charge on any atom is -0.456 e. The number of allylic oxidation sites excluding steroid dienone is 2. The van der Waals surface area contributed by atoms with Gasteiger partial charge in [0.25, 0.3) is 0 Å². The molecule has 0 spiro atoms. The van der Waals surface area contributed by atoms with Crippen LogP contribution < -0.4 is 0 Å². The Balaban J connectivity index is 1.10. The number of benzene rings is 4. The van der Waals surface area contributed by atoms with Crippen LogP contribution in [-0.4, -0.2) is 9.97 Å². The summed E-state index contributed by atoms with van der Waals surface area (Å²) in [5.74, 6) is 1.27. The van der Waals surface area contributed by atoms with Crippen LogP contribution in [-0.2, 0) is 12.8 Å². The van der Waals surface area contributed by atoms with E-state index in [1.165, 1.54) is 27.6 Å². The number of hydrogen-bond acceptors (Lipinski definition) is 3. The average molecular weight is 553 g/mol. The van der Waals surface area contributed by atoms with Gasteiger partial charge < -0.3 is 4.42 Å². The van der Waals surface area contributed by atoms with Crippen molar-refractivity contribution in [1.29, 1.82) is 0 Å². The molecule has 0 saturated carbocycles. The van der Waals surface area contributed by atoms with Crippen molar-refractivity contribution in [3.8, 4) is 22.5 Å². The molecule has 1 unspecified atom stereocenters. The van der Waals surface area contributed by atoms with Gasteiger partial charge in [-0.05, 0) is 72.4 Å². The van der Waals surface area contributed by atoms with Crippen molar-refractivity contribution >= 4 is 44.9 Å². The summed E-state index contributed by atoms with van der Waals surface area (Å²) in [5, 5.41) is 3.42. The molecule has 0 saturated heterocycles. The van der Waals surface area contributed by atoms with Gasteiger partial charge in [-0.25, -0.2) is 9.97 Å². The molecule has 0 amide bonds. The van der Waals surface area contributed by atoms with Crippen molar-refractivity contribution in [2.24, 2.45) is 0 Å². The van der Waals surface area contributed by atoms with Crippen LogP contribution in [0, 0.1) is 0 Å². The van der Waals surface area contributed by atoms with Gasteiger partial charge in [0.05, 0.1) is 22.4 Å². The molecule has 2 aliphatic rings. The van der Waals surface area contributed by atoms with Gasteiger partial charge in [-0.3, -0.25) is 0 Å². The first-order valence-electron chi connectivity index (χ1n) is 15.1. The molecule has 7 aromatic rings. The highest BCUT2D eigenvalue weighted by atomic mass is 16.3.